The van der Waals surface area contributed by atoms with E-state index in [0.717, 1.165) is 43.9 Å². The number of benzene rings is 2. The summed E-state index contributed by atoms with van der Waals surface area (Å²) < 4.78 is 74.2. The number of aryl methyl sites for hydroxylation is 2. The Labute approximate surface area is 235 Å². The summed E-state index contributed by atoms with van der Waals surface area (Å²) in [5.74, 6) is 0.628. The monoisotopic (exact) mass is 587 g/mol. The van der Waals surface area contributed by atoms with Crippen LogP contribution in [0.4, 0.5) is 18.9 Å². The summed E-state index contributed by atoms with van der Waals surface area (Å²) in [4.78, 5) is 13.7. The predicted octanol–water partition coefficient (Wildman–Crippen LogP) is 6.33. The van der Waals surface area contributed by atoms with Crippen LogP contribution in [0.1, 0.15) is 68.2 Å². The number of aliphatic hydroxyl groups is 1. The van der Waals surface area contributed by atoms with Crippen molar-refractivity contribution in [1.82, 2.24) is 0 Å². The maximum absolute atomic E-state index is 13.2. The molecule has 1 aliphatic carbocycles. The van der Waals surface area contributed by atoms with E-state index in [2.05, 4.69) is 4.90 Å². The molecule has 0 amide bonds. The van der Waals surface area contributed by atoms with Gasteiger partial charge in [-0.25, -0.2) is 0 Å². The molecule has 2 aromatic carbocycles. The number of aliphatic hydroxyl groups excluding tert-OH is 1. The molecule has 0 aliphatic heterocycles. The molecule has 2 N–H and O–H groups in total. The zero-order chi connectivity index (χ0) is 30.1. The largest absolute Gasteiger partial charge is 0.466 e. The molecule has 7 nitrogen and oxygen atoms in total. The van der Waals surface area contributed by atoms with Gasteiger partial charge in [0.05, 0.1) is 23.7 Å². The molecule has 0 bridgehead atoms. The number of carbonyl (C=O) groups excluding carboxylic acids is 1. The Bertz CT molecular complexity index is 1210. The smallest absolute Gasteiger partial charge is 0.416 e. The predicted molar refractivity (Wildman–Crippen MR) is 148 cm³/mol. The fourth-order valence-electron chi connectivity index (χ4n) is 4.96. The summed E-state index contributed by atoms with van der Waals surface area (Å²) in [5.41, 5.74) is 1.41. The van der Waals surface area contributed by atoms with Gasteiger partial charge in [-0.05, 0) is 95.0 Å². The maximum atomic E-state index is 13.2. The highest BCUT2D eigenvalue weighted by molar-refractivity contribution is 7.85. The quantitative estimate of drug-likeness (QED) is 0.261. The normalized spacial score (nSPS) is 17.5. The molecule has 0 radical (unpaired) electrons. The molecule has 224 valence electrons. The maximum Gasteiger partial charge on any atom is 0.416 e. The first-order valence-corrected chi connectivity index (χ1v) is 14.9. The van der Waals surface area contributed by atoms with Crippen molar-refractivity contribution in [2.24, 2.45) is 11.8 Å². The van der Waals surface area contributed by atoms with Gasteiger partial charge in [0.25, 0.3) is 10.1 Å². The number of hydrogen-bond donors (Lipinski definition) is 2. The Morgan fingerprint density at radius 1 is 1.02 bits per heavy atom. The van der Waals surface area contributed by atoms with Gasteiger partial charge in [-0.1, -0.05) is 17.7 Å². The van der Waals surface area contributed by atoms with Crippen LogP contribution in [0.2, 0.25) is 0 Å². The second kappa shape index (κ2) is 14.8. The van der Waals surface area contributed by atoms with Crippen LogP contribution in [-0.4, -0.2) is 43.7 Å². The number of ether oxygens (including phenoxy) is 1. The Morgan fingerprint density at radius 3 is 2.08 bits per heavy atom. The lowest BCUT2D eigenvalue weighted by Crippen LogP contribution is -2.32. The van der Waals surface area contributed by atoms with Crippen molar-refractivity contribution in [3.63, 3.8) is 0 Å². The van der Waals surface area contributed by atoms with Crippen LogP contribution < -0.4 is 4.90 Å². The highest BCUT2D eigenvalue weighted by Gasteiger charge is 2.34. The average Bonchev–Trinajstić information content (AvgIpc) is 2.87. The van der Waals surface area contributed by atoms with Gasteiger partial charge in [0.1, 0.15) is 0 Å². The minimum absolute atomic E-state index is 0.0666. The number of halogens is 3. The fourth-order valence-corrected chi connectivity index (χ4v) is 5.44. The summed E-state index contributed by atoms with van der Waals surface area (Å²) in [6.07, 6.45) is -0.0884. The summed E-state index contributed by atoms with van der Waals surface area (Å²) in [6, 6.07) is 8.61. The van der Waals surface area contributed by atoms with E-state index in [1.807, 2.05) is 13.8 Å². The number of hydrogen-bond acceptors (Lipinski definition) is 6. The van der Waals surface area contributed by atoms with Crippen molar-refractivity contribution in [2.75, 3.05) is 24.6 Å². The van der Waals surface area contributed by atoms with Crippen LogP contribution in [0.5, 0.6) is 0 Å². The van der Waals surface area contributed by atoms with Gasteiger partial charge in [-0.2, -0.15) is 21.6 Å². The van der Waals surface area contributed by atoms with E-state index in [-0.39, 0.29) is 16.4 Å². The molecule has 0 spiro atoms. The fraction of sp³-hybridized carbons (Fsp3) is 0.552. The standard InChI is InChI=1S/C22H32F3NO3.C7H8O3S/c1-4-26(13-17-8-6-16(7-9-17)11-21(28)29-5-2)20-10-15(3)19(22(23,24)25)12-18(20)14-27;1-6-2-4-7(5-3-6)11(8,9)10/h10,12,16-17,27H,4-9,11,13-14H2,1-3H3;2-5H,1H3,(H,8,9,10)/t16-,17-;. The van der Waals surface area contributed by atoms with E-state index in [9.17, 15) is 31.5 Å². The summed E-state index contributed by atoms with van der Waals surface area (Å²) >= 11 is 0. The molecule has 1 aliphatic rings. The first kappa shape index (κ1) is 33.6. The van der Waals surface area contributed by atoms with Crippen LogP contribution in [0, 0.1) is 25.7 Å². The molecule has 2 aromatic rings. The van der Waals surface area contributed by atoms with Crippen molar-refractivity contribution in [3.05, 3.63) is 58.7 Å². The van der Waals surface area contributed by atoms with Gasteiger partial charge in [-0.3, -0.25) is 9.35 Å². The highest BCUT2D eigenvalue weighted by atomic mass is 32.2. The Morgan fingerprint density at radius 2 is 1.60 bits per heavy atom. The third-order valence-corrected chi connectivity index (χ3v) is 8.02. The molecule has 1 fully saturated rings. The topological polar surface area (TPSA) is 104 Å². The van der Waals surface area contributed by atoms with Gasteiger partial charge in [0.15, 0.2) is 0 Å². The van der Waals surface area contributed by atoms with E-state index in [1.165, 1.54) is 19.1 Å². The Hall–Kier alpha value is -2.63. The van der Waals surface area contributed by atoms with Crippen LogP contribution in [0.3, 0.4) is 0 Å². The lowest BCUT2D eigenvalue weighted by atomic mass is 9.80. The summed E-state index contributed by atoms with van der Waals surface area (Å²) in [7, 11) is -4.02. The number of nitrogens with zero attached hydrogens (tertiary/aromatic N) is 1. The van der Waals surface area contributed by atoms with E-state index in [4.69, 9.17) is 9.29 Å². The number of alkyl halides is 3. The van der Waals surface area contributed by atoms with Gasteiger partial charge >= 0.3 is 12.1 Å². The van der Waals surface area contributed by atoms with Crippen molar-refractivity contribution >= 4 is 21.8 Å². The van der Waals surface area contributed by atoms with Gasteiger partial charge in [0.2, 0.25) is 0 Å². The lowest BCUT2D eigenvalue weighted by Gasteiger charge is -2.34. The molecule has 40 heavy (non-hydrogen) atoms. The first-order valence-electron chi connectivity index (χ1n) is 13.5. The van der Waals surface area contributed by atoms with Gasteiger partial charge < -0.3 is 14.7 Å². The molecule has 11 heteroatoms. The third kappa shape index (κ3) is 10.1. The zero-order valence-electron chi connectivity index (χ0n) is 23.5. The van der Waals surface area contributed by atoms with Crippen molar-refractivity contribution in [2.45, 2.75) is 77.5 Å². The number of carbonyl (C=O) groups is 1. The van der Waals surface area contributed by atoms with E-state index in [0.29, 0.717) is 42.7 Å². The molecule has 0 atom stereocenters. The molecule has 1 saturated carbocycles. The SMILES string of the molecule is CCOC(=O)C[C@H]1CC[C@H](CN(CC)c2cc(C)c(C(F)(F)F)cc2CO)CC1.Cc1ccc(S(=O)(=O)O)cc1. The molecule has 0 heterocycles. The zero-order valence-corrected chi connectivity index (χ0v) is 24.3. The van der Waals surface area contributed by atoms with Crippen LogP contribution in [0.15, 0.2) is 41.3 Å². The number of anilines is 1. The summed E-state index contributed by atoms with van der Waals surface area (Å²) in [5, 5.41) is 9.67. The third-order valence-electron chi connectivity index (χ3n) is 7.15. The molecular weight excluding hydrogens is 547 g/mol. The minimum atomic E-state index is -4.43. The number of rotatable bonds is 9. The Balaban J connectivity index is 0.000000425. The second-order valence-electron chi connectivity index (χ2n) is 10.2. The van der Waals surface area contributed by atoms with Gasteiger partial charge in [0, 0.05) is 30.8 Å². The van der Waals surface area contributed by atoms with Crippen LogP contribution in [0.25, 0.3) is 0 Å². The van der Waals surface area contributed by atoms with Gasteiger partial charge in [-0.15, -0.1) is 0 Å². The van der Waals surface area contributed by atoms with E-state index >= 15 is 0 Å². The molecule has 0 unspecified atom stereocenters. The molecule has 0 saturated heterocycles. The van der Waals surface area contributed by atoms with Crippen LogP contribution >= 0.6 is 0 Å². The van der Waals surface area contributed by atoms with E-state index < -0.39 is 28.5 Å². The Kier molecular flexibility index (Phi) is 12.5. The minimum Gasteiger partial charge on any atom is -0.466 e. The van der Waals surface area contributed by atoms with Crippen molar-refractivity contribution < 1.29 is 40.8 Å². The van der Waals surface area contributed by atoms with Crippen LogP contribution in [-0.2, 0) is 32.4 Å². The number of esters is 1. The van der Waals surface area contributed by atoms with E-state index in [1.54, 1.807) is 25.1 Å². The second-order valence-corrected chi connectivity index (χ2v) is 11.6. The molecular formula is C29H40F3NO6S. The first-order chi connectivity index (χ1) is 18.7. The van der Waals surface area contributed by atoms with Crippen molar-refractivity contribution in [1.29, 1.82) is 0 Å². The average molecular weight is 588 g/mol. The molecule has 0 aromatic heterocycles. The lowest BCUT2D eigenvalue weighted by molar-refractivity contribution is -0.144. The molecule has 3 rings (SSSR count). The summed E-state index contributed by atoms with van der Waals surface area (Å²) in [6.45, 7) is 8.44. The highest BCUT2D eigenvalue weighted by Crippen LogP contribution is 2.37. The van der Waals surface area contributed by atoms with Crippen molar-refractivity contribution in [3.8, 4) is 0 Å².